The Morgan fingerprint density at radius 3 is 2.52 bits per heavy atom. The average molecular weight is 392 g/mol. The SMILES string of the molecule is CCOCCC[NH2+]Cc1ccc(C)c(S(=O)(=O)Nc2cc(C)ccc2C)c1. The molecule has 0 atom stereocenters. The van der Waals surface area contributed by atoms with Crippen LogP contribution in [0.15, 0.2) is 41.3 Å². The summed E-state index contributed by atoms with van der Waals surface area (Å²) in [4.78, 5) is 0.337. The fourth-order valence-corrected chi connectivity index (χ4v) is 4.27. The monoisotopic (exact) mass is 391 g/mol. The van der Waals surface area contributed by atoms with Gasteiger partial charge in [-0.25, -0.2) is 8.42 Å². The predicted octanol–water partition coefficient (Wildman–Crippen LogP) is 2.90. The number of quaternary nitrogens is 1. The molecule has 0 aliphatic heterocycles. The summed E-state index contributed by atoms with van der Waals surface area (Å²) in [7, 11) is -3.63. The highest BCUT2D eigenvalue weighted by atomic mass is 32.2. The molecule has 0 spiro atoms. The first kappa shape index (κ1) is 21.4. The molecular formula is C21H31N2O3S+. The summed E-state index contributed by atoms with van der Waals surface area (Å²) in [5, 5.41) is 2.18. The quantitative estimate of drug-likeness (QED) is 0.612. The number of nitrogens with one attached hydrogen (secondary N) is 1. The second-order valence-electron chi connectivity index (χ2n) is 6.86. The lowest BCUT2D eigenvalue weighted by atomic mass is 10.1. The molecule has 0 aliphatic carbocycles. The second kappa shape index (κ2) is 9.88. The molecule has 2 rings (SSSR count). The Morgan fingerprint density at radius 1 is 1.04 bits per heavy atom. The van der Waals surface area contributed by atoms with E-state index in [1.807, 2.05) is 58.0 Å². The highest BCUT2D eigenvalue weighted by Crippen LogP contribution is 2.23. The summed E-state index contributed by atoms with van der Waals surface area (Å²) in [5.41, 5.74) is 4.29. The molecule has 0 fully saturated rings. The summed E-state index contributed by atoms with van der Waals surface area (Å²) in [5.74, 6) is 0. The van der Waals surface area contributed by atoms with Crippen LogP contribution < -0.4 is 10.0 Å². The van der Waals surface area contributed by atoms with Crippen molar-refractivity contribution in [1.82, 2.24) is 0 Å². The van der Waals surface area contributed by atoms with Crippen molar-refractivity contribution in [2.45, 2.75) is 45.6 Å². The number of benzene rings is 2. The topological polar surface area (TPSA) is 72.0 Å². The van der Waals surface area contributed by atoms with Crippen molar-refractivity contribution in [3.63, 3.8) is 0 Å². The summed E-state index contributed by atoms with van der Waals surface area (Å²) >= 11 is 0. The largest absolute Gasteiger partial charge is 0.382 e. The van der Waals surface area contributed by atoms with Gasteiger partial charge in [-0.3, -0.25) is 4.72 Å². The Bertz CT molecular complexity index is 864. The number of sulfonamides is 1. The van der Waals surface area contributed by atoms with E-state index in [0.29, 0.717) is 10.6 Å². The molecule has 0 heterocycles. The molecule has 0 saturated heterocycles. The zero-order valence-electron chi connectivity index (χ0n) is 16.7. The maximum absolute atomic E-state index is 12.9. The third-order valence-electron chi connectivity index (χ3n) is 4.46. The van der Waals surface area contributed by atoms with E-state index < -0.39 is 10.0 Å². The van der Waals surface area contributed by atoms with Gasteiger partial charge in [-0.05, 0) is 56.5 Å². The van der Waals surface area contributed by atoms with Gasteiger partial charge in [0.25, 0.3) is 10.0 Å². The van der Waals surface area contributed by atoms with E-state index in [9.17, 15) is 8.42 Å². The third kappa shape index (κ3) is 6.34. The zero-order chi connectivity index (χ0) is 19.9. The minimum atomic E-state index is -3.63. The fourth-order valence-electron chi connectivity index (χ4n) is 2.85. The molecule has 0 amide bonds. The fraction of sp³-hybridized carbons (Fsp3) is 0.429. The van der Waals surface area contributed by atoms with Gasteiger partial charge in [-0.15, -0.1) is 0 Å². The van der Waals surface area contributed by atoms with E-state index >= 15 is 0 Å². The normalized spacial score (nSPS) is 11.6. The van der Waals surface area contributed by atoms with Crippen LogP contribution >= 0.6 is 0 Å². The second-order valence-corrected chi connectivity index (χ2v) is 8.51. The first-order valence-electron chi connectivity index (χ1n) is 9.42. The van der Waals surface area contributed by atoms with Gasteiger partial charge in [-0.1, -0.05) is 24.3 Å². The Labute approximate surface area is 163 Å². The van der Waals surface area contributed by atoms with Crippen molar-refractivity contribution in [2.24, 2.45) is 0 Å². The standard InChI is InChI=1S/C21H30N2O3S/c1-5-26-12-6-11-22-15-19-10-9-18(4)21(14-19)27(24,25)23-20-13-16(2)7-8-17(20)3/h7-10,13-14,22-23H,5-6,11-12,15H2,1-4H3/p+1. The number of hydrogen-bond acceptors (Lipinski definition) is 3. The molecule has 2 aromatic carbocycles. The Balaban J connectivity index is 2.10. The number of ether oxygens (including phenoxy) is 1. The van der Waals surface area contributed by atoms with E-state index in [-0.39, 0.29) is 0 Å². The predicted molar refractivity (Wildman–Crippen MR) is 110 cm³/mol. The minimum absolute atomic E-state index is 0.337. The molecule has 148 valence electrons. The number of aryl methyl sites for hydroxylation is 3. The molecule has 0 aromatic heterocycles. The lowest BCUT2D eigenvalue weighted by Gasteiger charge is -2.14. The van der Waals surface area contributed by atoms with Crippen molar-refractivity contribution in [3.05, 3.63) is 58.7 Å². The number of rotatable bonds is 10. The zero-order valence-corrected chi connectivity index (χ0v) is 17.5. The lowest BCUT2D eigenvalue weighted by molar-refractivity contribution is -0.671. The lowest BCUT2D eigenvalue weighted by Crippen LogP contribution is -2.82. The van der Waals surface area contributed by atoms with Gasteiger partial charge < -0.3 is 10.1 Å². The molecule has 0 unspecified atom stereocenters. The van der Waals surface area contributed by atoms with Crippen molar-refractivity contribution in [2.75, 3.05) is 24.5 Å². The van der Waals surface area contributed by atoms with Crippen LogP contribution in [0.1, 0.15) is 35.6 Å². The summed E-state index contributed by atoms with van der Waals surface area (Å²) in [6.07, 6.45) is 0.985. The van der Waals surface area contributed by atoms with E-state index in [1.165, 1.54) is 0 Å². The van der Waals surface area contributed by atoms with Crippen LogP contribution in [0.2, 0.25) is 0 Å². The molecule has 2 aromatic rings. The van der Waals surface area contributed by atoms with Crippen molar-refractivity contribution < 1.29 is 18.5 Å². The van der Waals surface area contributed by atoms with Crippen LogP contribution in [0, 0.1) is 20.8 Å². The number of anilines is 1. The van der Waals surface area contributed by atoms with Crippen LogP contribution in [-0.2, 0) is 21.3 Å². The van der Waals surface area contributed by atoms with Gasteiger partial charge in [0.1, 0.15) is 6.54 Å². The van der Waals surface area contributed by atoms with Crippen molar-refractivity contribution >= 4 is 15.7 Å². The maximum Gasteiger partial charge on any atom is 0.262 e. The van der Waals surface area contributed by atoms with Crippen molar-refractivity contribution in [1.29, 1.82) is 0 Å². The molecule has 0 aliphatic rings. The Kier molecular flexibility index (Phi) is 7.83. The van der Waals surface area contributed by atoms with E-state index in [0.717, 1.165) is 55.0 Å². The van der Waals surface area contributed by atoms with Gasteiger partial charge >= 0.3 is 0 Å². The van der Waals surface area contributed by atoms with Crippen LogP contribution in [-0.4, -0.2) is 28.2 Å². The number of nitrogens with two attached hydrogens (primary N) is 1. The van der Waals surface area contributed by atoms with Crippen LogP contribution in [0.25, 0.3) is 0 Å². The van der Waals surface area contributed by atoms with Gasteiger partial charge in [-0.2, -0.15) is 0 Å². The summed E-state index contributed by atoms with van der Waals surface area (Å²) in [6, 6.07) is 11.4. The molecule has 6 heteroatoms. The molecular weight excluding hydrogens is 360 g/mol. The highest BCUT2D eigenvalue weighted by Gasteiger charge is 2.19. The molecule has 0 saturated carbocycles. The van der Waals surface area contributed by atoms with Crippen LogP contribution in [0.4, 0.5) is 5.69 Å². The Morgan fingerprint density at radius 2 is 1.78 bits per heavy atom. The molecule has 0 bridgehead atoms. The Hall–Kier alpha value is -1.89. The van der Waals surface area contributed by atoms with Gasteiger partial charge in [0.15, 0.2) is 0 Å². The van der Waals surface area contributed by atoms with Gasteiger partial charge in [0.05, 0.1) is 23.7 Å². The molecule has 0 radical (unpaired) electrons. The van der Waals surface area contributed by atoms with Crippen molar-refractivity contribution in [3.8, 4) is 0 Å². The maximum atomic E-state index is 12.9. The molecule has 5 nitrogen and oxygen atoms in total. The average Bonchev–Trinajstić information content (AvgIpc) is 2.62. The van der Waals surface area contributed by atoms with Gasteiger partial charge in [0.2, 0.25) is 0 Å². The molecule has 27 heavy (non-hydrogen) atoms. The summed E-state index contributed by atoms with van der Waals surface area (Å²) < 4.78 is 34.0. The highest BCUT2D eigenvalue weighted by molar-refractivity contribution is 7.92. The minimum Gasteiger partial charge on any atom is -0.382 e. The third-order valence-corrected chi connectivity index (χ3v) is 5.97. The number of hydrogen-bond donors (Lipinski definition) is 2. The first-order chi connectivity index (χ1) is 12.8. The smallest absolute Gasteiger partial charge is 0.262 e. The van der Waals surface area contributed by atoms with E-state index in [4.69, 9.17) is 4.74 Å². The van der Waals surface area contributed by atoms with E-state index in [1.54, 1.807) is 6.07 Å². The molecule has 3 N–H and O–H groups in total. The first-order valence-corrected chi connectivity index (χ1v) is 10.9. The van der Waals surface area contributed by atoms with E-state index in [2.05, 4.69) is 10.0 Å². The summed E-state index contributed by atoms with van der Waals surface area (Å²) in [6.45, 7) is 10.9. The van der Waals surface area contributed by atoms with Crippen LogP contribution in [0.5, 0.6) is 0 Å². The van der Waals surface area contributed by atoms with Crippen LogP contribution in [0.3, 0.4) is 0 Å². The van der Waals surface area contributed by atoms with Gasteiger partial charge in [0, 0.05) is 18.6 Å².